The van der Waals surface area contributed by atoms with E-state index < -0.39 is 16.0 Å². The molecule has 7 nitrogen and oxygen atoms in total. The largest absolute Gasteiger partial charge is 0.481 e. The van der Waals surface area contributed by atoms with Crippen LogP contribution in [-0.4, -0.2) is 60.8 Å². The van der Waals surface area contributed by atoms with Gasteiger partial charge in [0.15, 0.2) is 0 Å². The van der Waals surface area contributed by atoms with E-state index in [1.165, 1.54) is 33.5 Å². The first-order valence-corrected chi connectivity index (χ1v) is 9.91. The summed E-state index contributed by atoms with van der Waals surface area (Å²) in [4.78, 5) is 24.7. The van der Waals surface area contributed by atoms with E-state index >= 15 is 0 Å². The van der Waals surface area contributed by atoms with E-state index in [1.807, 2.05) is 0 Å². The van der Waals surface area contributed by atoms with Crippen LogP contribution in [0.5, 0.6) is 0 Å². The number of amides is 1. The van der Waals surface area contributed by atoms with Gasteiger partial charge in [0.2, 0.25) is 10.0 Å². The van der Waals surface area contributed by atoms with Gasteiger partial charge in [0.1, 0.15) is 0 Å². The summed E-state index contributed by atoms with van der Waals surface area (Å²) in [6.07, 6.45) is 2.65. The highest BCUT2D eigenvalue weighted by Gasteiger charge is 2.26. The molecular formula is C17H24N2O5S. The van der Waals surface area contributed by atoms with Gasteiger partial charge in [0.25, 0.3) is 5.91 Å². The third-order valence-corrected chi connectivity index (χ3v) is 6.23. The number of sulfonamides is 1. The Labute approximate surface area is 148 Å². The molecule has 1 saturated heterocycles. The first-order valence-electron chi connectivity index (χ1n) is 8.47. The van der Waals surface area contributed by atoms with Crippen molar-refractivity contribution in [1.82, 2.24) is 9.21 Å². The number of benzene rings is 1. The Hall–Kier alpha value is -1.93. The fraction of sp³-hybridized carbons (Fsp3) is 0.529. The smallest absolute Gasteiger partial charge is 0.305 e. The Morgan fingerprint density at radius 2 is 1.72 bits per heavy atom. The van der Waals surface area contributed by atoms with Gasteiger partial charge in [-0.25, -0.2) is 8.42 Å². The summed E-state index contributed by atoms with van der Waals surface area (Å²) in [5.41, 5.74) is 0.352. The lowest BCUT2D eigenvalue weighted by Crippen LogP contribution is -2.35. The summed E-state index contributed by atoms with van der Waals surface area (Å²) >= 11 is 0. The van der Waals surface area contributed by atoms with Crippen LogP contribution in [0.3, 0.4) is 0 Å². The molecule has 0 saturated carbocycles. The number of carboxylic acid groups (broad SMARTS) is 1. The maximum atomic E-state index is 12.6. The van der Waals surface area contributed by atoms with Crippen molar-refractivity contribution in [2.24, 2.45) is 0 Å². The van der Waals surface area contributed by atoms with Crippen LogP contribution < -0.4 is 0 Å². The second-order valence-corrected chi connectivity index (χ2v) is 7.96. The number of nitrogens with zero attached hydrogens (tertiary/aromatic N) is 2. The fourth-order valence-corrected chi connectivity index (χ4v) is 4.36. The van der Waals surface area contributed by atoms with Crippen molar-refractivity contribution in [3.8, 4) is 0 Å². The minimum absolute atomic E-state index is 0.124. The number of piperidine rings is 1. The van der Waals surface area contributed by atoms with Crippen molar-refractivity contribution < 1.29 is 23.1 Å². The van der Waals surface area contributed by atoms with E-state index in [1.54, 1.807) is 6.92 Å². The molecule has 1 amide bonds. The van der Waals surface area contributed by atoms with Crippen molar-refractivity contribution in [2.45, 2.75) is 37.5 Å². The molecule has 0 atom stereocenters. The predicted molar refractivity (Wildman–Crippen MR) is 92.9 cm³/mol. The van der Waals surface area contributed by atoms with E-state index in [-0.39, 0.29) is 23.8 Å². The van der Waals surface area contributed by atoms with Crippen molar-refractivity contribution in [3.05, 3.63) is 29.8 Å². The quantitative estimate of drug-likeness (QED) is 0.792. The summed E-state index contributed by atoms with van der Waals surface area (Å²) in [6.45, 7) is 3.34. The van der Waals surface area contributed by atoms with Gasteiger partial charge in [-0.1, -0.05) is 6.42 Å². The molecule has 25 heavy (non-hydrogen) atoms. The molecule has 2 rings (SSSR count). The van der Waals surface area contributed by atoms with Gasteiger partial charge in [-0.05, 0) is 44.0 Å². The van der Waals surface area contributed by atoms with Crippen LogP contribution in [-0.2, 0) is 14.8 Å². The molecule has 0 aromatic heterocycles. The summed E-state index contributed by atoms with van der Waals surface area (Å²) in [6, 6.07) is 5.87. The normalized spacial score (nSPS) is 15.7. The molecule has 138 valence electrons. The van der Waals surface area contributed by atoms with Crippen molar-refractivity contribution in [2.75, 3.05) is 26.2 Å². The summed E-state index contributed by atoms with van der Waals surface area (Å²) in [5, 5.41) is 8.75. The number of carbonyl (C=O) groups excluding carboxylic acids is 1. The predicted octanol–water partition coefficient (Wildman–Crippen LogP) is 1.80. The molecule has 1 N–H and O–H groups in total. The highest BCUT2D eigenvalue weighted by molar-refractivity contribution is 7.89. The maximum absolute atomic E-state index is 12.6. The number of hydrogen-bond acceptors (Lipinski definition) is 4. The molecule has 0 radical (unpaired) electrons. The summed E-state index contributed by atoms with van der Waals surface area (Å²) in [5.74, 6) is -1.26. The van der Waals surface area contributed by atoms with Crippen LogP contribution in [0.25, 0.3) is 0 Å². The van der Waals surface area contributed by atoms with E-state index in [4.69, 9.17) is 5.11 Å². The lowest BCUT2D eigenvalue weighted by Gasteiger charge is -2.26. The molecule has 0 unspecified atom stereocenters. The van der Waals surface area contributed by atoms with Crippen LogP contribution in [0.15, 0.2) is 29.2 Å². The van der Waals surface area contributed by atoms with Crippen molar-refractivity contribution in [1.29, 1.82) is 0 Å². The van der Waals surface area contributed by atoms with Gasteiger partial charge in [-0.2, -0.15) is 4.31 Å². The van der Waals surface area contributed by atoms with E-state index in [0.29, 0.717) is 25.2 Å². The Kier molecular flexibility index (Phi) is 6.55. The Balaban J connectivity index is 2.12. The second kappa shape index (κ2) is 8.44. The topological polar surface area (TPSA) is 95.0 Å². The number of aliphatic carboxylic acids is 1. The number of carbonyl (C=O) groups is 2. The van der Waals surface area contributed by atoms with Gasteiger partial charge in [0, 0.05) is 31.7 Å². The van der Waals surface area contributed by atoms with Gasteiger partial charge in [-0.15, -0.1) is 0 Å². The Morgan fingerprint density at radius 3 is 2.24 bits per heavy atom. The third kappa shape index (κ3) is 4.79. The molecule has 1 aliphatic heterocycles. The number of hydrogen-bond donors (Lipinski definition) is 1. The molecule has 0 bridgehead atoms. The molecule has 1 aromatic rings. The highest BCUT2D eigenvalue weighted by Crippen LogP contribution is 2.21. The molecular weight excluding hydrogens is 344 g/mol. The zero-order valence-corrected chi connectivity index (χ0v) is 15.2. The van der Waals surface area contributed by atoms with Crippen LogP contribution in [0, 0.1) is 0 Å². The minimum atomic E-state index is -3.52. The van der Waals surface area contributed by atoms with E-state index in [0.717, 1.165) is 19.3 Å². The van der Waals surface area contributed by atoms with Crippen LogP contribution in [0.2, 0.25) is 0 Å². The average Bonchev–Trinajstić information content (AvgIpc) is 2.62. The van der Waals surface area contributed by atoms with Gasteiger partial charge in [-0.3, -0.25) is 9.59 Å². The highest BCUT2D eigenvalue weighted by atomic mass is 32.2. The van der Waals surface area contributed by atoms with E-state index in [2.05, 4.69) is 0 Å². The van der Waals surface area contributed by atoms with Crippen molar-refractivity contribution in [3.63, 3.8) is 0 Å². The molecule has 0 aliphatic carbocycles. The first-order chi connectivity index (χ1) is 11.9. The zero-order valence-electron chi connectivity index (χ0n) is 14.3. The minimum Gasteiger partial charge on any atom is -0.481 e. The van der Waals surface area contributed by atoms with Gasteiger partial charge < -0.3 is 10.0 Å². The standard InChI is InChI=1S/C17H24N2O5S/c1-2-18(13-10-16(20)21)17(22)14-6-8-15(9-7-14)25(23,24)19-11-4-3-5-12-19/h6-9H,2-5,10-13H2,1H3,(H,20,21). The molecule has 1 aromatic carbocycles. The molecule has 8 heteroatoms. The Bertz CT molecular complexity index is 709. The first kappa shape index (κ1) is 19.4. The SMILES string of the molecule is CCN(CCC(=O)O)C(=O)c1ccc(S(=O)(=O)N2CCCCC2)cc1. The monoisotopic (exact) mass is 368 g/mol. The zero-order chi connectivity index (χ0) is 18.4. The molecule has 0 spiro atoms. The van der Waals surface area contributed by atoms with Gasteiger partial charge in [0.05, 0.1) is 11.3 Å². The van der Waals surface area contributed by atoms with Crippen LogP contribution >= 0.6 is 0 Å². The molecule has 1 fully saturated rings. The average molecular weight is 368 g/mol. The summed E-state index contributed by atoms with van der Waals surface area (Å²) < 4.78 is 26.7. The third-order valence-electron chi connectivity index (χ3n) is 4.32. The number of carboxylic acids is 1. The lowest BCUT2D eigenvalue weighted by atomic mass is 10.2. The second-order valence-electron chi connectivity index (χ2n) is 6.02. The fourth-order valence-electron chi connectivity index (χ4n) is 2.84. The maximum Gasteiger partial charge on any atom is 0.305 e. The van der Waals surface area contributed by atoms with Crippen LogP contribution in [0.4, 0.5) is 0 Å². The number of rotatable bonds is 7. The van der Waals surface area contributed by atoms with Gasteiger partial charge >= 0.3 is 5.97 Å². The van der Waals surface area contributed by atoms with E-state index in [9.17, 15) is 18.0 Å². The lowest BCUT2D eigenvalue weighted by molar-refractivity contribution is -0.137. The van der Waals surface area contributed by atoms with Crippen LogP contribution in [0.1, 0.15) is 43.0 Å². The van der Waals surface area contributed by atoms with Crippen molar-refractivity contribution >= 4 is 21.9 Å². The summed E-state index contributed by atoms with van der Waals surface area (Å²) in [7, 11) is -3.52. The molecule has 1 aliphatic rings. The molecule has 1 heterocycles. The Morgan fingerprint density at radius 1 is 1.12 bits per heavy atom.